The summed E-state index contributed by atoms with van der Waals surface area (Å²) in [6.45, 7) is 2.37. The number of furan rings is 1. The smallest absolute Gasteiger partial charge is 0.291 e. The summed E-state index contributed by atoms with van der Waals surface area (Å²) in [4.78, 5) is 25.4. The van der Waals surface area contributed by atoms with E-state index in [-0.39, 0.29) is 35.8 Å². The molecule has 4 heterocycles. The van der Waals surface area contributed by atoms with Crippen LogP contribution in [0, 0.1) is 5.82 Å². The maximum atomic E-state index is 14.5. The number of carbonyl (C=O) groups excluding carboxylic acids is 1. The zero-order valence-corrected chi connectivity index (χ0v) is 18.7. The van der Waals surface area contributed by atoms with Crippen molar-refractivity contribution in [1.82, 2.24) is 25.0 Å². The molecule has 3 N–H and O–H groups in total. The molecule has 5 rings (SSSR count). The number of aromatic nitrogens is 5. The van der Waals surface area contributed by atoms with Crippen molar-refractivity contribution in [2.75, 3.05) is 11.9 Å². The summed E-state index contributed by atoms with van der Waals surface area (Å²) < 4.78 is 27.5. The first kappa shape index (κ1) is 23.8. The molecule has 1 saturated carbocycles. The summed E-state index contributed by atoms with van der Waals surface area (Å²) in [5.41, 5.74) is 1.41. The number of aromatic amines is 1. The Morgan fingerprint density at radius 3 is 2.86 bits per heavy atom. The highest BCUT2D eigenvalue weighted by Gasteiger charge is 2.33. The molecule has 0 aromatic carbocycles. The maximum absolute atomic E-state index is 14.5. The predicted molar refractivity (Wildman–Crippen MR) is 122 cm³/mol. The Balaban J connectivity index is 0.000000917. The van der Waals surface area contributed by atoms with E-state index in [1.807, 2.05) is 6.92 Å². The van der Waals surface area contributed by atoms with Crippen molar-refractivity contribution in [1.29, 1.82) is 0 Å². The molecule has 0 radical (unpaired) electrons. The Bertz CT molecular complexity index is 1280. The van der Waals surface area contributed by atoms with Crippen molar-refractivity contribution in [3.05, 3.63) is 60.6 Å². The van der Waals surface area contributed by atoms with Gasteiger partial charge in [0.1, 0.15) is 17.1 Å². The van der Waals surface area contributed by atoms with Crippen LogP contribution in [0.3, 0.4) is 0 Å². The Labute approximate surface area is 198 Å². The monoisotopic (exact) mass is 482 g/mol. The van der Waals surface area contributed by atoms with Gasteiger partial charge in [-0.25, -0.2) is 4.39 Å². The highest BCUT2D eigenvalue weighted by Crippen LogP contribution is 2.37. The first-order valence-electron chi connectivity index (χ1n) is 10.8. The minimum atomic E-state index is -0.519. The van der Waals surface area contributed by atoms with E-state index in [1.165, 1.54) is 18.3 Å². The van der Waals surface area contributed by atoms with E-state index in [1.54, 1.807) is 35.4 Å². The van der Waals surface area contributed by atoms with Gasteiger partial charge in [-0.1, -0.05) is 0 Å². The minimum absolute atomic E-state index is 0.0702. The molecule has 12 heteroatoms. The molecule has 0 spiro atoms. The standard InChI is InChI=1S/C22H21FN6O3.CH2O2/c1-2-31-15-8-14(9-15)29-12-17(21(28-29)20-16(23)4-3-7-24-20)27-22(30)19-6-5-18(32-19)13-10-25-26-11-13;2-1-3/h3-7,10-12,14-15H,2,8-9H2,1H3,(H,25,26)(H,27,30);1H,(H,2,3). The van der Waals surface area contributed by atoms with Crippen molar-refractivity contribution in [3.8, 4) is 22.7 Å². The van der Waals surface area contributed by atoms with Crippen molar-refractivity contribution in [3.63, 3.8) is 0 Å². The number of carbonyl (C=O) groups is 2. The van der Waals surface area contributed by atoms with Crippen LogP contribution in [0.15, 0.2) is 53.5 Å². The lowest BCUT2D eigenvalue weighted by Crippen LogP contribution is -2.33. The molecule has 0 atom stereocenters. The third kappa shape index (κ3) is 5.27. The topological polar surface area (TPSA) is 148 Å². The highest BCUT2D eigenvalue weighted by atomic mass is 19.1. The molecule has 0 saturated heterocycles. The number of nitrogens with one attached hydrogen (secondary N) is 2. The molecule has 1 fully saturated rings. The van der Waals surface area contributed by atoms with Crippen LogP contribution in [0.25, 0.3) is 22.7 Å². The maximum Gasteiger partial charge on any atom is 0.291 e. The van der Waals surface area contributed by atoms with Gasteiger partial charge >= 0.3 is 0 Å². The van der Waals surface area contributed by atoms with E-state index in [0.717, 1.165) is 18.4 Å². The fourth-order valence-corrected chi connectivity index (χ4v) is 3.72. The number of rotatable bonds is 7. The summed E-state index contributed by atoms with van der Waals surface area (Å²) in [6, 6.07) is 6.18. The lowest BCUT2D eigenvalue weighted by molar-refractivity contribution is -0.122. The second kappa shape index (κ2) is 10.7. The van der Waals surface area contributed by atoms with Gasteiger partial charge in [-0.3, -0.25) is 24.4 Å². The van der Waals surface area contributed by atoms with Gasteiger partial charge in [-0.05, 0) is 44.0 Å². The first-order chi connectivity index (χ1) is 17.0. The molecule has 1 amide bonds. The van der Waals surface area contributed by atoms with Gasteiger partial charge in [0.2, 0.25) is 0 Å². The third-order valence-corrected chi connectivity index (χ3v) is 5.42. The SMILES string of the molecule is CCOC1CC(n2cc(NC(=O)c3ccc(-c4cn[nH]c4)o3)c(-c3ncccc3F)n2)C1.O=CO. The Morgan fingerprint density at radius 2 is 2.17 bits per heavy atom. The minimum Gasteiger partial charge on any atom is -0.483 e. The molecular formula is C23H23FN6O5. The Kier molecular flexibility index (Phi) is 7.31. The number of ether oxygens (including phenoxy) is 1. The van der Waals surface area contributed by atoms with Crippen LogP contribution in [0.4, 0.5) is 10.1 Å². The zero-order valence-electron chi connectivity index (χ0n) is 18.7. The molecule has 0 unspecified atom stereocenters. The van der Waals surface area contributed by atoms with Crippen molar-refractivity contribution in [2.24, 2.45) is 0 Å². The largest absolute Gasteiger partial charge is 0.483 e. The second-order valence-electron chi connectivity index (χ2n) is 7.62. The molecular weight excluding hydrogens is 459 g/mol. The van der Waals surface area contributed by atoms with Crippen LogP contribution in [0.2, 0.25) is 0 Å². The highest BCUT2D eigenvalue weighted by molar-refractivity contribution is 6.04. The summed E-state index contributed by atoms with van der Waals surface area (Å²) in [6.07, 6.45) is 8.25. The zero-order chi connectivity index (χ0) is 24.8. The lowest BCUT2D eigenvalue weighted by atomic mass is 9.89. The van der Waals surface area contributed by atoms with Gasteiger partial charge in [0.25, 0.3) is 12.4 Å². The molecule has 1 aliphatic carbocycles. The van der Waals surface area contributed by atoms with Gasteiger partial charge < -0.3 is 19.6 Å². The third-order valence-electron chi connectivity index (χ3n) is 5.42. The van der Waals surface area contributed by atoms with E-state index in [0.29, 0.717) is 18.1 Å². The molecule has 1 aliphatic rings. The number of amides is 1. The summed E-state index contributed by atoms with van der Waals surface area (Å²) in [5.74, 6) is -0.375. The van der Waals surface area contributed by atoms with Crippen LogP contribution in [-0.2, 0) is 9.53 Å². The van der Waals surface area contributed by atoms with E-state index >= 15 is 0 Å². The summed E-state index contributed by atoms with van der Waals surface area (Å²) in [5, 5.41) is 20.8. The van der Waals surface area contributed by atoms with Crippen LogP contribution in [0.1, 0.15) is 36.4 Å². The molecule has 182 valence electrons. The molecule has 4 aromatic heterocycles. The van der Waals surface area contributed by atoms with E-state index in [9.17, 15) is 9.18 Å². The number of hydrogen-bond acceptors (Lipinski definition) is 7. The number of H-pyrrole nitrogens is 1. The molecule has 35 heavy (non-hydrogen) atoms. The van der Waals surface area contributed by atoms with Gasteiger partial charge in [-0.2, -0.15) is 10.2 Å². The normalized spacial score (nSPS) is 16.6. The van der Waals surface area contributed by atoms with E-state index < -0.39 is 11.7 Å². The van der Waals surface area contributed by atoms with Crippen molar-refractivity contribution in [2.45, 2.75) is 31.9 Å². The van der Waals surface area contributed by atoms with E-state index in [2.05, 4.69) is 25.6 Å². The van der Waals surface area contributed by atoms with Crippen LogP contribution in [0.5, 0.6) is 0 Å². The van der Waals surface area contributed by atoms with Gasteiger partial charge in [0.05, 0.1) is 29.6 Å². The predicted octanol–water partition coefficient (Wildman–Crippen LogP) is 3.76. The number of halogens is 1. The summed E-state index contributed by atoms with van der Waals surface area (Å²) >= 11 is 0. The number of carboxylic acid groups (broad SMARTS) is 1. The average molecular weight is 482 g/mol. The first-order valence-corrected chi connectivity index (χ1v) is 10.8. The van der Waals surface area contributed by atoms with Gasteiger partial charge in [0, 0.05) is 25.2 Å². The van der Waals surface area contributed by atoms with Crippen LogP contribution >= 0.6 is 0 Å². The average Bonchev–Trinajstić information content (AvgIpc) is 3.57. The molecule has 11 nitrogen and oxygen atoms in total. The number of pyridine rings is 1. The Morgan fingerprint density at radius 1 is 1.37 bits per heavy atom. The van der Waals surface area contributed by atoms with Crippen LogP contribution in [-0.4, -0.2) is 55.2 Å². The second-order valence-corrected chi connectivity index (χ2v) is 7.62. The summed E-state index contributed by atoms with van der Waals surface area (Å²) in [7, 11) is 0. The van der Waals surface area contributed by atoms with Crippen molar-refractivity contribution >= 4 is 18.1 Å². The lowest BCUT2D eigenvalue weighted by Gasteiger charge is -2.34. The number of anilines is 1. The molecule has 0 aliphatic heterocycles. The quantitative estimate of drug-likeness (QED) is 0.337. The van der Waals surface area contributed by atoms with E-state index in [4.69, 9.17) is 19.1 Å². The molecule has 0 bridgehead atoms. The number of nitrogens with zero attached hydrogens (tertiary/aromatic N) is 4. The number of hydrogen-bond donors (Lipinski definition) is 3. The van der Waals surface area contributed by atoms with Gasteiger partial charge in [0.15, 0.2) is 11.6 Å². The van der Waals surface area contributed by atoms with Crippen molar-refractivity contribution < 1.29 is 28.2 Å². The Hall–Kier alpha value is -4.32. The fourth-order valence-electron chi connectivity index (χ4n) is 3.72. The molecule has 4 aromatic rings. The fraction of sp³-hybridized carbons (Fsp3) is 0.261. The van der Waals surface area contributed by atoms with Gasteiger partial charge in [-0.15, -0.1) is 0 Å². The van der Waals surface area contributed by atoms with Crippen LogP contribution < -0.4 is 5.32 Å².